The van der Waals surface area contributed by atoms with E-state index in [4.69, 9.17) is 4.74 Å². The van der Waals surface area contributed by atoms with Gasteiger partial charge in [-0.25, -0.2) is 4.79 Å². The number of likely N-dealkylation sites (N-methyl/N-ethyl adjacent to an activating group) is 1. The third-order valence-electron chi connectivity index (χ3n) is 7.23. The second kappa shape index (κ2) is 9.43. The number of benzene rings is 2. The van der Waals surface area contributed by atoms with E-state index in [1.165, 1.54) is 5.56 Å². The molecular weight excluding hydrogens is 454 g/mol. The van der Waals surface area contributed by atoms with Gasteiger partial charge in [0.15, 0.2) is 5.82 Å². The highest BCUT2D eigenvalue weighted by Crippen LogP contribution is 2.48. The van der Waals surface area contributed by atoms with Gasteiger partial charge in [-0.1, -0.05) is 60.7 Å². The lowest BCUT2D eigenvalue weighted by Gasteiger charge is -2.33. The summed E-state index contributed by atoms with van der Waals surface area (Å²) >= 11 is 0. The van der Waals surface area contributed by atoms with Gasteiger partial charge in [0.2, 0.25) is 5.91 Å². The first-order valence-corrected chi connectivity index (χ1v) is 12.4. The zero-order chi connectivity index (χ0) is 25.4. The minimum Gasteiger partial charge on any atom is -0.440 e. The number of hydrogen-bond donors (Lipinski definition) is 2. The molecule has 1 saturated carbocycles. The van der Waals surface area contributed by atoms with Crippen molar-refractivity contribution in [3.8, 4) is 0 Å². The molecule has 1 aliphatic heterocycles. The lowest BCUT2D eigenvalue weighted by atomic mass is 10.0. The Morgan fingerprint density at radius 2 is 1.81 bits per heavy atom. The van der Waals surface area contributed by atoms with Crippen molar-refractivity contribution >= 4 is 17.8 Å². The van der Waals surface area contributed by atoms with Gasteiger partial charge in [0.25, 0.3) is 0 Å². The van der Waals surface area contributed by atoms with Crippen LogP contribution in [0.5, 0.6) is 0 Å². The third-order valence-corrected chi connectivity index (χ3v) is 7.23. The quantitative estimate of drug-likeness (QED) is 0.507. The summed E-state index contributed by atoms with van der Waals surface area (Å²) < 4.78 is 6.02. The SMILES string of the molecule is CN(C)C[C@@H](OC(=O)N1Cc2c(NC(=O)[C@@H]3C[C@H]3c3ccccc3)n[nH]c2C1(C)C)c1ccccc1. The zero-order valence-electron chi connectivity index (χ0n) is 21.2. The topological polar surface area (TPSA) is 90.6 Å². The minimum atomic E-state index is -0.659. The molecule has 0 bridgehead atoms. The van der Waals surface area contributed by atoms with Crippen molar-refractivity contribution in [1.82, 2.24) is 20.0 Å². The summed E-state index contributed by atoms with van der Waals surface area (Å²) in [6, 6.07) is 19.9. The number of hydrogen-bond acceptors (Lipinski definition) is 5. The molecule has 1 aromatic heterocycles. The van der Waals surface area contributed by atoms with Crippen molar-refractivity contribution in [2.75, 3.05) is 26.0 Å². The van der Waals surface area contributed by atoms with Crippen LogP contribution in [0.2, 0.25) is 0 Å². The number of anilines is 1. The highest BCUT2D eigenvalue weighted by atomic mass is 16.6. The number of ether oxygens (including phenoxy) is 1. The van der Waals surface area contributed by atoms with Crippen LogP contribution in [0.1, 0.15) is 54.7 Å². The summed E-state index contributed by atoms with van der Waals surface area (Å²) in [4.78, 5) is 30.1. The molecular formula is C28H33N5O3. The van der Waals surface area contributed by atoms with Crippen LogP contribution in [0.15, 0.2) is 60.7 Å². The minimum absolute atomic E-state index is 0.0351. The van der Waals surface area contributed by atoms with Crippen LogP contribution in [0, 0.1) is 5.92 Å². The standard InChI is InChI=1S/C28H33N5O3/c1-28(2)24-22(16-33(28)27(35)36-23(17-32(3)4)19-13-9-6-10-14-19)25(31-30-24)29-26(34)21-15-20(21)18-11-7-5-8-12-18/h5-14,20-21,23H,15-17H2,1-4H3,(H2,29,30,31,34)/t20-,21+,23+/m0/s1. The summed E-state index contributed by atoms with van der Waals surface area (Å²) in [5.74, 6) is 0.637. The molecule has 0 radical (unpaired) electrons. The molecule has 2 N–H and O–H groups in total. The molecule has 2 aromatic carbocycles. The van der Waals surface area contributed by atoms with Gasteiger partial charge in [0.1, 0.15) is 6.10 Å². The van der Waals surface area contributed by atoms with Crippen molar-refractivity contribution in [2.24, 2.45) is 5.92 Å². The van der Waals surface area contributed by atoms with Crippen LogP contribution < -0.4 is 5.32 Å². The summed E-state index contributed by atoms with van der Waals surface area (Å²) in [6.07, 6.45) is 0.0357. The molecule has 188 valence electrons. The second-order valence-corrected chi connectivity index (χ2v) is 10.5. The summed E-state index contributed by atoms with van der Waals surface area (Å²) in [5, 5.41) is 10.5. The molecule has 36 heavy (non-hydrogen) atoms. The van der Waals surface area contributed by atoms with E-state index in [2.05, 4.69) is 27.6 Å². The fourth-order valence-electron chi connectivity index (χ4n) is 5.07. The average Bonchev–Trinajstić information content (AvgIpc) is 3.49. The van der Waals surface area contributed by atoms with Crippen molar-refractivity contribution in [1.29, 1.82) is 0 Å². The van der Waals surface area contributed by atoms with Crippen LogP contribution in [0.25, 0.3) is 0 Å². The Bertz CT molecular complexity index is 1240. The number of H-pyrrole nitrogens is 1. The smallest absolute Gasteiger partial charge is 0.411 e. The number of nitrogens with zero attached hydrogens (tertiary/aromatic N) is 3. The van der Waals surface area contributed by atoms with Gasteiger partial charge in [0.05, 0.1) is 17.8 Å². The maximum Gasteiger partial charge on any atom is 0.411 e. The summed E-state index contributed by atoms with van der Waals surface area (Å²) in [5.41, 5.74) is 3.11. The number of carbonyl (C=O) groups is 2. The van der Waals surface area contributed by atoms with Crippen LogP contribution in [0.4, 0.5) is 10.6 Å². The van der Waals surface area contributed by atoms with E-state index in [1.807, 2.05) is 81.4 Å². The maximum absolute atomic E-state index is 13.4. The van der Waals surface area contributed by atoms with E-state index < -0.39 is 17.7 Å². The average molecular weight is 488 g/mol. The molecule has 1 aliphatic carbocycles. The van der Waals surface area contributed by atoms with E-state index >= 15 is 0 Å². The molecule has 1 fully saturated rings. The Morgan fingerprint density at radius 3 is 2.47 bits per heavy atom. The molecule has 0 unspecified atom stereocenters. The Morgan fingerprint density at radius 1 is 1.14 bits per heavy atom. The zero-order valence-corrected chi connectivity index (χ0v) is 21.2. The fourth-order valence-corrected chi connectivity index (χ4v) is 5.07. The molecule has 0 spiro atoms. The Hall–Kier alpha value is -3.65. The Kier molecular flexibility index (Phi) is 6.30. The van der Waals surface area contributed by atoms with Gasteiger partial charge in [-0.05, 0) is 51.4 Å². The molecule has 8 heteroatoms. The molecule has 5 rings (SSSR count). The lowest BCUT2D eigenvalue weighted by Crippen LogP contribution is -2.42. The van der Waals surface area contributed by atoms with Gasteiger partial charge in [-0.2, -0.15) is 5.10 Å². The lowest BCUT2D eigenvalue weighted by molar-refractivity contribution is -0.117. The number of nitrogens with one attached hydrogen (secondary N) is 2. The van der Waals surface area contributed by atoms with Crippen LogP contribution >= 0.6 is 0 Å². The number of carbonyl (C=O) groups excluding carboxylic acids is 2. The fraction of sp³-hybridized carbons (Fsp3) is 0.393. The number of aromatic nitrogens is 2. The number of aromatic amines is 1. The predicted octanol–water partition coefficient (Wildman–Crippen LogP) is 4.64. The van der Waals surface area contributed by atoms with E-state index in [-0.39, 0.29) is 17.7 Å². The van der Waals surface area contributed by atoms with Crippen LogP contribution in [-0.4, -0.2) is 52.6 Å². The Balaban J connectivity index is 1.28. The first-order chi connectivity index (χ1) is 17.3. The molecule has 2 aliphatic rings. The van der Waals surface area contributed by atoms with Crippen molar-refractivity contribution in [3.05, 3.63) is 83.0 Å². The predicted molar refractivity (Wildman–Crippen MR) is 137 cm³/mol. The van der Waals surface area contributed by atoms with Gasteiger partial charge in [0, 0.05) is 18.0 Å². The van der Waals surface area contributed by atoms with Crippen molar-refractivity contribution in [3.63, 3.8) is 0 Å². The van der Waals surface area contributed by atoms with Crippen LogP contribution in [-0.2, 0) is 21.6 Å². The first kappa shape index (κ1) is 24.1. The number of rotatable bonds is 7. The molecule has 3 aromatic rings. The normalized spacial score (nSPS) is 20.6. The van der Waals surface area contributed by atoms with Gasteiger partial charge < -0.3 is 15.0 Å². The third kappa shape index (κ3) is 4.60. The summed E-state index contributed by atoms with van der Waals surface area (Å²) in [7, 11) is 3.91. The van der Waals surface area contributed by atoms with Crippen molar-refractivity contribution < 1.29 is 14.3 Å². The highest BCUT2D eigenvalue weighted by molar-refractivity contribution is 5.95. The highest BCUT2D eigenvalue weighted by Gasteiger charge is 2.47. The summed E-state index contributed by atoms with van der Waals surface area (Å²) in [6.45, 7) is 4.80. The second-order valence-electron chi connectivity index (χ2n) is 10.5. The molecule has 3 atom stereocenters. The van der Waals surface area contributed by atoms with E-state index in [0.717, 1.165) is 23.2 Å². The first-order valence-electron chi connectivity index (χ1n) is 12.4. The molecule has 2 heterocycles. The van der Waals surface area contributed by atoms with Crippen molar-refractivity contribution in [2.45, 2.75) is 44.4 Å². The van der Waals surface area contributed by atoms with E-state index in [0.29, 0.717) is 18.9 Å². The van der Waals surface area contributed by atoms with E-state index in [9.17, 15) is 9.59 Å². The Labute approximate surface area is 211 Å². The maximum atomic E-state index is 13.4. The van der Waals surface area contributed by atoms with E-state index in [1.54, 1.807) is 4.90 Å². The van der Waals surface area contributed by atoms with Gasteiger partial charge in [-0.15, -0.1) is 0 Å². The monoisotopic (exact) mass is 487 g/mol. The number of amides is 2. The number of fused-ring (bicyclic) bond motifs is 1. The van der Waals surface area contributed by atoms with Gasteiger partial charge in [-0.3, -0.25) is 14.8 Å². The van der Waals surface area contributed by atoms with Gasteiger partial charge >= 0.3 is 6.09 Å². The molecule has 8 nitrogen and oxygen atoms in total. The van der Waals surface area contributed by atoms with Crippen LogP contribution in [0.3, 0.4) is 0 Å². The largest absolute Gasteiger partial charge is 0.440 e. The molecule has 2 amide bonds. The molecule has 0 saturated heterocycles.